The van der Waals surface area contributed by atoms with Crippen LogP contribution in [0.15, 0.2) is 23.2 Å². The van der Waals surface area contributed by atoms with E-state index < -0.39 is 0 Å². The SMILES string of the molecule is CCOCCNC(=NC)NCc1ccc2c(c1)OCO2. The Labute approximate surface area is 119 Å². The molecule has 6 nitrogen and oxygen atoms in total. The fourth-order valence-corrected chi connectivity index (χ4v) is 1.84. The summed E-state index contributed by atoms with van der Waals surface area (Å²) in [5, 5.41) is 6.43. The molecule has 2 N–H and O–H groups in total. The molecule has 1 aromatic rings. The summed E-state index contributed by atoms with van der Waals surface area (Å²) in [5.74, 6) is 2.35. The number of rotatable bonds is 6. The molecule has 0 saturated carbocycles. The van der Waals surface area contributed by atoms with Gasteiger partial charge in [0.25, 0.3) is 0 Å². The van der Waals surface area contributed by atoms with E-state index in [2.05, 4.69) is 15.6 Å². The predicted octanol–water partition coefficient (Wildman–Crippen LogP) is 1.12. The molecule has 20 heavy (non-hydrogen) atoms. The molecule has 0 saturated heterocycles. The molecular weight excluding hydrogens is 258 g/mol. The maximum absolute atomic E-state index is 5.35. The number of nitrogens with zero attached hydrogens (tertiary/aromatic N) is 1. The minimum Gasteiger partial charge on any atom is -0.454 e. The monoisotopic (exact) mass is 279 g/mol. The molecule has 0 atom stereocenters. The summed E-state index contributed by atoms with van der Waals surface area (Å²) in [6.45, 7) is 5.07. The van der Waals surface area contributed by atoms with Crippen molar-refractivity contribution < 1.29 is 14.2 Å². The highest BCUT2D eigenvalue weighted by atomic mass is 16.7. The van der Waals surface area contributed by atoms with Crippen molar-refractivity contribution in [2.75, 3.05) is 33.6 Å². The Morgan fingerprint density at radius 3 is 2.95 bits per heavy atom. The largest absolute Gasteiger partial charge is 0.454 e. The highest BCUT2D eigenvalue weighted by Gasteiger charge is 2.13. The third-order valence-electron chi connectivity index (χ3n) is 2.86. The van der Waals surface area contributed by atoms with Crippen LogP contribution in [-0.4, -0.2) is 39.6 Å². The molecule has 110 valence electrons. The summed E-state index contributed by atoms with van der Waals surface area (Å²) in [6, 6.07) is 5.90. The summed E-state index contributed by atoms with van der Waals surface area (Å²) in [6.07, 6.45) is 0. The number of nitrogens with one attached hydrogen (secondary N) is 2. The molecule has 6 heteroatoms. The standard InChI is InChI=1S/C14H21N3O3/c1-3-18-7-6-16-14(15-2)17-9-11-4-5-12-13(8-11)20-10-19-12/h4-5,8H,3,6-7,9-10H2,1-2H3,(H2,15,16,17). The Kier molecular flexibility index (Phi) is 5.49. The fourth-order valence-electron chi connectivity index (χ4n) is 1.84. The van der Waals surface area contributed by atoms with Crippen LogP contribution in [0.25, 0.3) is 0 Å². The van der Waals surface area contributed by atoms with Crippen LogP contribution in [-0.2, 0) is 11.3 Å². The zero-order valence-electron chi connectivity index (χ0n) is 11.9. The number of aliphatic imine (C=N–C) groups is 1. The fraction of sp³-hybridized carbons (Fsp3) is 0.500. The number of ether oxygens (including phenoxy) is 3. The van der Waals surface area contributed by atoms with Crippen molar-refractivity contribution >= 4 is 5.96 Å². The van der Waals surface area contributed by atoms with Gasteiger partial charge in [-0.15, -0.1) is 0 Å². The van der Waals surface area contributed by atoms with Crippen LogP contribution in [0.2, 0.25) is 0 Å². The predicted molar refractivity (Wildman–Crippen MR) is 77.3 cm³/mol. The molecular formula is C14H21N3O3. The molecule has 1 aliphatic rings. The van der Waals surface area contributed by atoms with Crippen molar-refractivity contribution in [1.29, 1.82) is 0 Å². The van der Waals surface area contributed by atoms with Crippen LogP contribution < -0.4 is 20.1 Å². The third kappa shape index (κ3) is 4.03. The lowest BCUT2D eigenvalue weighted by Crippen LogP contribution is -2.38. The van der Waals surface area contributed by atoms with Gasteiger partial charge in [-0.2, -0.15) is 0 Å². The average Bonchev–Trinajstić information content (AvgIpc) is 2.94. The molecule has 0 radical (unpaired) electrons. The quantitative estimate of drug-likeness (QED) is 0.464. The van der Waals surface area contributed by atoms with Crippen molar-refractivity contribution in [3.8, 4) is 11.5 Å². The van der Waals surface area contributed by atoms with E-state index in [0.717, 1.165) is 36.2 Å². The van der Waals surface area contributed by atoms with Gasteiger partial charge < -0.3 is 24.8 Å². The Morgan fingerprint density at radius 1 is 1.30 bits per heavy atom. The maximum atomic E-state index is 5.35. The van der Waals surface area contributed by atoms with Gasteiger partial charge >= 0.3 is 0 Å². The molecule has 0 aromatic heterocycles. The molecule has 0 unspecified atom stereocenters. The Balaban J connectivity index is 1.78. The van der Waals surface area contributed by atoms with Crippen LogP contribution in [0.4, 0.5) is 0 Å². The highest BCUT2D eigenvalue weighted by molar-refractivity contribution is 5.79. The summed E-state index contributed by atoms with van der Waals surface area (Å²) < 4.78 is 15.9. The van der Waals surface area contributed by atoms with Crippen molar-refractivity contribution in [2.24, 2.45) is 4.99 Å². The van der Waals surface area contributed by atoms with E-state index in [4.69, 9.17) is 14.2 Å². The van der Waals surface area contributed by atoms with Crippen molar-refractivity contribution in [3.05, 3.63) is 23.8 Å². The zero-order valence-corrected chi connectivity index (χ0v) is 11.9. The zero-order chi connectivity index (χ0) is 14.2. The van der Waals surface area contributed by atoms with Crippen molar-refractivity contribution in [3.63, 3.8) is 0 Å². The van der Waals surface area contributed by atoms with Gasteiger partial charge in [0, 0.05) is 26.7 Å². The molecule has 0 amide bonds. The lowest BCUT2D eigenvalue weighted by atomic mass is 10.2. The normalized spacial score (nSPS) is 13.4. The molecule has 1 heterocycles. The van der Waals surface area contributed by atoms with Gasteiger partial charge in [-0.05, 0) is 24.6 Å². The molecule has 1 aromatic carbocycles. The summed E-state index contributed by atoms with van der Waals surface area (Å²) in [5.41, 5.74) is 1.11. The Bertz CT molecular complexity index is 463. The second-order valence-electron chi connectivity index (χ2n) is 4.24. The minimum absolute atomic E-state index is 0.298. The topological polar surface area (TPSA) is 64.1 Å². The highest BCUT2D eigenvalue weighted by Crippen LogP contribution is 2.32. The Hall–Kier alpha value is -1.95. The van der Waals surface area contributed by atoms with Crippen LogP contribution in [0, 0.1) is 0 Å². The number of hydrogen-bond donors (Lipinski definition) is 2. The van der Waals surface area contributed by atoms with Gasteiger partial charge in [0.15, 0.2) is 17.5 Å². The molecule has 0 aliphatic carbocycles. The van der Waals surface area contributed by atoms with E-state index in [1.165, 1.54) is 0 Å². The number of guanidine groups is 1. The van der Waals surface area contributed by atoms with E-state index in [9.17, 15) is 0 Å². The summed E-state index contributed by atoms with van der Waals surface area (Å²) in [7, 11) is 1.75. The Morgan fingerprint density at radius 2 is 2.15 bits per heavy atom. The van der Waals surface area contributed by atoms with Crippen LogP contribution >= 0.6 is 0 Å². The van der Waals surface area contributed by atoms with Gasteiger partial charge in [0.2, 0.25) is 6.79 Å². The third-order valence-corrected chi connectivity index (χ3v) is 2.86. The van der Waals surface area contributed by atoms with Crippen molar-refractivity contribution in [1.82, 2.24) is 10.6 Å². The minimum atomic E-state index is 0.298. The smallest absolute Gasteiger partial charge is 0.231 e. The van der Waals surface area contributed by atoms with Gasteiger partial charge in [-0.1, -0.05) is 6.07 Å². The number of hydrogen-bond acceptors (Lipinski definition) is 4. The van der Waals surface area contributed by atoms with Gasteiger partial charge in [0.1, 0.15) is 0 Å². The van der Waals surface area contributed by atoms with E-state index in [1.807, 2.05) is 25.1 Å². The molecule has 2 rings (SSSR count). The second-order valence-corrected chi connectivity index (χ2v) is 4.24. The van der Waals surface area contributed by atoms with Crippen LogP contribution in [0.3, 0.4) is 0 Å². The molecule has 1 aliphatic heterocycles. The van der Waals surface area contributed by atoms with Gasteiger partial charge in [-0.25, -0.2) is 0 Å². The van der Waals surface area contributed by atoms with Gasteiger partial charge in [0.05, 0.1) is 6.61 Å². The lowest BCUT2D eigenvalue weighted by Gasteiger charge is -2.12. The first-order valence-corrected chi connectivity index (χ1v) is 6.74. The molecule has 0 spiro atoms. The van der Waals surface area contributed by atoms with Gasteiger partial charge in [-0.3, -0.25) is 4.99 Å². The van der Waals surface area contributed by atoms with E-state index in [0.29, 0.717) is 19.9 Å². The lowest BCUT2D eigenvalue weighted by molar-refractivity contribution is 0.152. The number of fused-ring (bicyclic) bond motifs is 1. The molecule has 0 fully saturated rings. The van der Waals surface area contributed by atoms with E-state index in [-0.39, 0.29) is 0 Å². The van der Waals surface area contributed by atoms with E-state index in [1.54, 1.807) is 7.05 Å². The molecule has 0 bridgehead atoms. The second kappa shape index (κ2) is 7.59. The average molecular weight is 279 g/mol. The van der Waals surface area contributed by atoms with Crippen LogP contribution in [0.5, 0.6) is 11.5 Å². The summed E-state index contributed by atoms with van der Waals surface area (Å²) >= 11 is 0. The van der Waals surface area contributed by atoms with E-state index >= 15 is 0 Å². The maximum Gasteiger partial charge on any atom is 0.231 e. The number of benzene rings is 1. The van der Waals surface area contributed by atoms with Crippen LogP contribution in [0.1, 0.15) is 12.5 Å². The summed E-state index contributed by atoms with van der Waals surface area (Å²) in [4.78, 5) is 4.16. The first kappa shape index (κ1) is 14.5. The van der Waals surface area contributed by atoms with Crippen molar-refractivity contribution in [2.45, 2.75) is 13.5 Å². The first-order valence-electron chi connectivity index (χ1n) is 6.74. The first-order chi connectivity index (χ1) is 9.83.